The molecule has 3 heterocycles. The Morgan fingerprint density at radius 3 is 2.62 bits per heavy atom. The van der Waals surface area contributed by atoms with Crippen molar-refractivity contribution in [3.63, 3.8) is 0 Å². The zero-order valence-electron chi connectivity index (χ0n) is 19.6. The number of fused-ring (bicyclic) bond motifs is 2. The van der Waals surface area contributed by atoms with Gasteiger partial charge >= 0.3 is 0 Å². The highest BCUT2D eigenvalue weighted by molar-refractivity contribution is 7.22. The van der Waals surface area contributed by atoms with E-state index in [1.807, 2.05) is 19.1 Å². The molecule has 8 nitrogen and oxygen atoms in total. The van der Waals surface area contributed by atoms with Gasteiger partial charge in [0.15, 0.2) is 10.9 Å². The summed E-state index contributed by atoms with van der Waals surface area (Å²) in [5, 5.41) is 10.8. The molecule has 0 saturated carbocycles. The second-order valence-corrected chi connectivity index (χ2v) is 9.63. The fraction of sp³-hybridized carbons (Fsp3) is 0.143. The number of amides is 1. The van der Waals surface area contributed by atoms with E-state index >= 15 is 0 Å². The number of phenolic OH excluding ortho intramolecular Hbond substituents is 1. The summed E-state index contributed by atoms with van der Waals surface area (Å²) in [6.07, 6.45) is 0. The van der Waals surface area contributed by atoms with Gasteiger partial charge in [-0.1, -0.05) is 41.7 Å². The van der Waals surface area contributed by atoms with Crippen LogP contribution in [0.1, 0.15) is 29.1 Å². The SMILES string of the molecule is CCOc1ccc2nc(N3C(=O)C(=O)C(C(=O)c4cc5ccccc5o4)C3c3ccc(O)cc3)sc2c1. The number of para-hydroxylation sites is 1. The van der Waals surface area contributed by atoms with Crippen molar-refractivity contribution in [3.05, 3.63) is 84.1 Å². The van der Waals surface area contributed by atoms with Gasteiger partial charge in [-0.2, -0.15) is 0 Å². The van der Waals surface area contributed by atoms with Crippen LogP contribution >= 0.6 is 11.3 Å². The predicted octanol–water partition coefficient (Wildman–Crippen LogP) is 5.30. The number of carbonyl (C=O) groups is 3. The number of ketones is 2. The Bertz CT molecular complexity index is 1650. The molecule has 2 atom stereocenters. The highest BCUT2D eigenvalue weighted by Crippen LogP contribution is 2.44. The van der Waals surface area contributed by atoms with Gasteiger partial charge in [-0.05, 0) is 55.0 Å². The molecule has 1 aliphatic heterocycles. The lowest BCUT2D eigenvalue weighted by molar-refractivity contribution is -0.135. The molecule has 5 aromatic rings. The number of hydrogen-bond donors (Lipinski definition) is 1. The summed E-state index contributed by atoms with van der Waals surface area (Å²) >= 11 is 1.23. The molecule has 2 unspecified atom stereocenters. The van der Waals surface area contributed by atoms with Crippen LogP contribution in [0.4, 0.5) is 5.13 Å². The van der Waals surface area contributed by atoms with Crippen LogP contribution < -0.4 is 9.64 Å². The lowest BCUT2D eigenvalue weighted by Crippen LogP contribution is -2.30. The van der Waals surface area contributed by atoms with Crippen LogP contribution in [-0.2, 0) is 9.59 Å². The number of nitrogens with zero attached hydrogens (tertiary/aromatic N) is 2. The molecule has 1 N–H and O–H groups in total. The van der Waals surface area contributed by atoms with E-state index in [4.69, 9.17) is 9.15 Å². The molecule has 9 heteroatoms. The maximum atomic E-state index is 13.7. The number of furan rings is 1. The van der Waals surface area contributed by atoms with Crippen molar-refractivity contribution in [2.45, 2.75) is 13.0 Å². The van der Waals surface area contributed by atoms with Gasteiger partial charge in [0.2, 0.25) is 11.6 Å². The molecule has 6 rings (SSSR count). The first-order chi connectivity index (χ1) is 17.9. The van der Waals surface area contributed by atoms with Crippen molar-refractivity contribution < 1.29 is 28.6 Å². The van der Waals surface area contributed by atoms with Crippen molar-refractivity contribution in [2.24, 2.45) is 5.92 Å². The van der Waals surface area contributed by atoms with Crippen LogP contribution in [0.25, 0.3) is 21.2 Å². The van der Waals surface area contributed by atoms with E-state index in [1.165, 1.54) is 28.4 Å². The van der Waals surface area contributed by atoms with Crippen molar-refractivity contribution in [2.75, 3.05) is 11.5 Å². The fourth-order valence-corrected chi connectivity index (χ4v) is 5.69. The first-order valence-electron chi connectivity index (χ1n) is 11.7. The van der Waals surface area contributed by atoms with Gasteiger partial charge in [-0.3, -0.25) is 19.3 Å². The maximum absolute atomic E-state index is 13.7. The number of Topliss-reactive ketones (excluding diaryl/α,β-unsaturated/α-hetero) is 2. The van der Waals surface area contributed by atoms with Crippen LogP contribution in [0, 0.1) is 5.92 Å². The van der Waals surface area contributed by atoms with E-state index in [-0.39, 0.29) is 11.5 Å². The average Bonchev–Trinajstić information content (AvgIpc) is 3.58. The monoisotopic (exact) mass is 512 g/mol. The minimum Gasteiger partial charge on any atom is -0.508 e. The normalized spacial score (nSPS) is 17.7. The maximum Gasteiger partial charge on any atom is 0.297 e. The number of phenols is 1. The molecule has 3 aromatic carbocycles. The highest BCUT2D eigenvalue weighted by atomic mass is 32.1. The van der Waals surface area contributed by atoms with Gasteiger partial charge in [0.25, 0.3) is 5.91 Å². The molecule has 1 fully saturated rings. The molecule has 1 amide bonds. The van der Waals surface area contributed by atoms with Gasteiger partial charge in [0.1, 0.15) is 23.0 Å². The third-order valence-electron chi connectivity index (χ3n) is 6.36. The first kappa shape index (κ1) is 22.9. The Labute approximate surface area is 214 Å². The van der Waals surface area contributed by atoms with E-state index in [0.29, 0.717) is 34.2 Å². The zero-order chi connectivity index (χ0) is 25.7. The average molecular weight is 513 g/mol. The number of anilines is 1. The summed E-state index contributed by atoms with van der Waals surface area (Å²) in [5.74, 6) is -2.90. The lowest BCUT2D eigenvalue weighted by Gasteiger charge is -2.24. The van der Waals surface area contributed by atoms with E-state index in [9.17, 15) is 19.5 Å². The molecular weight excluding hydrogens is 492 g/mol. The Kier molecular flexibility index (Phi) is 5.49. The van der Waals surface area contributed by atoms with E-state index in [0.717, 1.165) is 10.1 Å². The second kappa shape index (κ2) is 8.86. The molecule has 37 heavy (non-hydrogen) atoms. The minimum absolute atomic E-state index is 0.00337. The number of ether oxygens (including phenoxy) is 1. The number of rotatable bonds is 6. The molecular formula is C28H20N2O6S. The lowest BCUT2D eigenvalue weighted by atomic mass is 9.88. The topological polar surface area (TPSA) is 110 Å². The number of thiazole rings is 1. The molecule has 2 aromatic heterocycles. The summed E-state index contributed by atoms with van der Waals surface area (Å²) in [6, 6.07) is 19.3. The molecule has 0 radical (unpaired) electrons. The summed E-state index contributed by atoms with van der Waals surface area (Å²) in [7, 11) is 0. The molecule has 0 aliphatic carbocycles. The second-order valence-electron chi connectivity index (χ2n) is 8.63. The van der Waals surface area contributed by atoms with E-state index in [1.54, 1.807) is 48.5 Å². The number of aromatic hydroxyl groups is 1. The molecule has 1 aliphatic rings. The Morgan fingerprint density at radius 2 is 1.86 bits per heavy atom. The first-order valence-corrected chi connectivity index (χ1v) is 12.5. The van der Waals surface area contributed by atoms with Crippen LogP contribution in [0.5, 0.6) is 11.5 Å². The van der Waals surface area contributed by atoms with Gasteiger partial charge in [-0.15, -0.1) is 0 Å². The minimum atomic E-state index is -1.34. The Morgan fingerprint density at radius 1 is 1.08 bits per heavy atom. The number of aromatic nitrogens is 1. The van der Waals surface area contributed by atoms with E-state index in [2.05, 4.69) is 4.98 Å². The van der Waals surface area contributed by atoms with Crippen LogP contribution in [0.2, 0.25) is 0 Å². The summed E-state index contributed by atoms with van der Waals surface area (Å²) in [4.78, 5) is 46.4. The predicted molar refractivity (Wildman–Crippen MR) is 138 cm³/mol. The summed E-state index contributed by atoms with van der Waals surface area (Å²) in [6.45, 7) is 2.39. The summed E-state index contributed by atoms with van der Waals surface area (Å²) in [5.41, 5.74) is 1.66. The van der Waals surface area contributed by atoms with Crippen LogP contribution in [-0.4, -0.2) is 34.2 Å². The Balaban J connectivity index is 1.47. The Hall–Kier alpha value is -4.50. The van der Waals surface area contributed by atoms with Crippen molar-refractivity contribution in [1.82, 2.24) is 4.98 Å². The van der Waals surface area contributed by atoms with Gasteiger partial charge in [0, 0.05) is 5.39 Å². The van der Waals surface area contributed by atoms with Gasteiger partial charge in [-0.25, -0.2) is 4.98 Å². The fourth-order valence-electron chi connectivity index (χ4n) is 4.66. The van der Waals surface area contributed by atoms with Gasteiger partial charge in [0.05, 0.1) is 22.9 Å². The number of hydrogen-bond acceptors (Lipinski definition) is 8. The number of carbonyl (C=O) groups excluding carboxylic acids is 3. The number of benzene rings is 3. The standard InChI is InChI=1S/C28H20N2O6S/c1-2-35-18-11-12-19-22(14-18)37-28(29-19)30-24(15-7-9-17(31)10-8-15)23(26(33)27(30)34)25(32)21-13-16-5-3-4-6-20(16)36-21/h3-14,23-24,31H,2H2,1H3. The third-order valence-corrected chi connectivity index (χ3v) is 7.37. The van der Waals surface area contributed by atoms with Gasteiger partial charge < -0.3 is 14.3 Å². The summed E-state index contributed by atoms with van der Waals surface area (Å²) < 4.78 is 12.1. The van der Waals surface area contributed by atoms with Crippen molar-refractivity contribution in [3.8, 4) is 11.5 Å². The highest BCUT2D eigenvalue weighted by Gasteiger charge is 2.54. The largest absolute Gasteiger partial charge is 0.508 e. The van der Waals surface area contributed by atoms with Crippen molar-refractivity contribution >= 4 is 55.1 Å². The van der Waals surface area contributed by atoms with Crippen LogP contribution in [0.15, 0.2) is 77.2 Å². The molecule has 0 spiro atoms. The smallest absolute Gasteiger partial charge is 0.297 e. The molecule has 1 saturated heterocycles. The molecule has 184 valence electrons. The van der Waals surface area contributed by atoms with Crippen LogP contribution in [0.3, 0.4) is 0 Å². The zero-order valence-corrected chi connectivity index (χ0v) is 20.4. The molecule has 0 bridgehead atoms. The third kappa shape index (κ3) is 3.84. The van der Waals surface area contributed by atoms with E-state index < -0.39 is 29.4 Å². The quantitative estimate of drug-likeness (QED) is 0.187. The van der Waals surface area contributed by atoms with Crippen molar-refractivity contribution in [1.29, 1.82) is 0 Å².